The fourth-order valence-electron chi connectivity index (χ4n) is 1.91. The monoisotopic (exact) mass is 262 g/mol. The van der Waals surface area contributed by atoms with Crippen molar-refractivity contribution in [3.63, 3.8) is 0 Å². The van der Waals surface area contributed by atoms with Gasteiger partial charge in [0.25, 0.3) is 0 Å². The molecule has 0 saturated carbocycles. The van der Waals surface area contributed by atoms with Gasteiger partial charge in [0.1, 0.15) is 0 Å². The SMILES string of the molecule is CC(C)(C)c1ccn(-c2ncsc2C(C)(C)C)c1. The van der Waals surface area contributed by atoms with Gasteiger partial charge in [-0.3, -0.25) is 0 Å². The first-order valence-electron chi connectivity index (χ1n) is 6.32. The molecule has 0 spiro atoms. The van der Waals surface area contributed by atoms with Crippen molar-refractivity contribution in [1.29, 1.82) is 0 Å². The van der Waals surface area contributed by atoms with Crippen LogP contribution in [0.2, 0.25) is 0 Å². The van der Waals surface area contributed by atoms with Crippen LogP contribution in [0.5, 0.6) is 0 Å². The Labute approximate surface area is 114 Å². The Balaban J connectivity index is 2.45. The fourth-order valence-corrected chi connectivity index (χ4v) is 2.78. The molecule has 2 rings (SSSR count). The van der Waals surface area contributed by atoms with E-state index in [0.717, 1.165) is 5.82 Å². The molecule has 0 aliphatic heterocycles. The summed E-state index contributed by atoms with van der Waals surface area (Å²) < 4.78 is 2.15. The molecule has 0 aromatic carbocycles. The number of hydrogen-bond acceptors (Lipinski definition) is 2. The topological polar surface area (TPSA) is 17.8 Å². The summed E-state index contributed by atoms with van der Waals surface area (Å²) in [5.74, 6) is 1.07. The van der Waals surface area contributed by atoms with E-state index in [4.69, 9.17) is 0 Å². The molecule has 0 atom stereocenters. The highest BCUT2D eigenvalue weighted by Crippen LogP contribution is 2.32. The molecule has 2 heterocycles. The highest BCUT2D eigenvalue weighted by atomic mass is 32.1. The predicted octanol–water partition coefficient (Wildman–Crippen LogP) is 4.53. The zero-order chi connectivity index (χ0) is 13.6. The van der Waals surface area contributed by atoms with Gasteiger partial charge in [0.2, 0.25) is 0 Å². The molecule has 18 heavy (non-hydrogen) atoms. The summed E-state index contributed by atoms with van der Waals surface area (Å²) in [5, 5.41) is 0. The smallest absolute Gasteiger partial charge is 0.151 e. The molecule has 0 aliphatic rings. The summed E-state index contributed by atoms with van der Waals surface area (Å²) in [4.78, 5) is 5.86. The molecule has 2 nitrogen and oxygen atoms in total. The zero-order valence-corrected chi connectivity index (χ0v) is 12.9. The van der Waals surface area contributed by atoms with Crippen LogP contribution in [0.15, 0.2) is 24.0 Å². The van der Waals surface area contributed by atoms with Crippen molar-refractivity contribution in [2.75, 3.05) is 0 Å². The maximum absolute atomic E-state index is 4.53. The van der Waals surface area contributed by atoms with Crippen LogP contribution in [0.25, 0.3) is 5.82 Å². The van der Waals surface area contributed by atoms with Crippen LogP contribution in [-0.4, -0.2) is 9.55 Å². The van der Waals surface area contributed by atoms with Crippen molar-refractivity contribution in [1.82, 2.24) is 9.55 Å². The van der Waals surface area contributed by atoms with Crippen LogP contribution < -0.4 is 0 Å². The summed E-state index contributed by atoms with van der Waals surface area (Å²) in [5.41, 5.74) is 3.61. The van der Waals surface area contributed by atoms with Gasteiger partial charge in [-0.05, 0) is 17.0 Å². The van der Waals surface area contributed by atoms with Crippen molar-refractivity contribution < 1.29 is 0 Å². The quantitative estimate of drug-likeness (QED) is 0.738. The third kappa shape index (κ3) is 2.51. The first-order chi connectivity index (χ1) is 8.19. The van der Waals surface area contributed by atoms with Crippen molar-refractivity contribution in [2.24, 2.45) is 0 Å². The Bertz CT molecular complexity index is 535. The Kier molecular flexibility index (Phi) is 3.14. The van der Waals surface area contributed by atoms with Crippen LogP contribution in [0.4, 0.5) is 0 Å². The van der Waals surface area contributed by atoms with Crippen LogP contribution in [0.3, 0.4) is 0 Å². The Hall–Kier alpha value is -1.09. The summed E-state index contributed by atoms with van der Waals surface area (Å²) in [7, 11) is 0. The first-order valence-corrected chi connectivity index (χ1v) is 7.20. The minimum absolute atomic E-state index is 0.142. The average Bonchev–Trinajstić information content (AvgIpc) is 2.84. The van der Waals surface area contributed by atoms with E-state index in [1.54, 1.807) is 11.3 Å². The normalized spacial score (nSPS) is 13.0. The Morgan fingerprint density at radius 2 is 1.72 bits per heavy atom. The summed E-state index contributed by atoms with van der Waals surface area (Å²) in [6, 6.07) is 2.19. The minimum Gasteiger partial charge on any atom is -0.307 e. The molecule has 98 valence electrons. The maximum atomic E-state index is 4.53. The van der Waals surface area contributed by atoms with E-state index in [2.05, 4.69) is 69.6 Å². The highest BCUT2D eigenvalue weighted by Gasteiger charge is 2.22. The summed E-state index contributed by atoms with van der Waals surface area (Å²) in [6.07, 6.45) is 4.31. The van der Waals surface area contributed by atoms with E-state index >= 15 is 0 Å². The van der Waals surface area contributed by atoms with Gasteiger partial charge in [0, 0.05) is 17.8 Å². The van der Waals surface area contributed by atoms with Crippen molar-refractivity contribution in [3.05, 3.63) is 34.4 Å². The number of aromatic nitrogens is 2. The van der Waals surface area contributed by atoms with Crippen LogP contribution in [-0.2, 0) is 10.8 Å². The van der Waals surface area contributed by atoms with E-state index in [1.165, 1.54) is 10.4 Å². The first kappa shape index (κ1) is 13.3. The second kappa shape index (κ2) is 4.23. The Morgan fingerprint density at radius 3 is 2.22 bits per heavy atom. The van der Waals surface area contributed by atoms with Gasteiger partial charge >= 0.3 is 0 Å². The lowest BCUT2D eigenvalue weighted by atomic mass is 9.89. The van der Waals surface area contributed by atoms with E-state index in [0.29, 0.717) is 0 Å². The van der Waals surface area contributed by atoms with Gasteiger partial charge in [0.15, 0.2) is 5.82 Å². The van der Waals surface area contributed by atoms with Gasteiger partial charge < -0.3 is 4.57 Å². The standard InChI is InChI=1S/C15H22N2S/c1-14(2,3)11-7-8-17(9-11)13-12(15(4,5)6)18-10-16-13/h7-10H,1-6H3. The maximum Gasteiger partial charge on any atom is 0.151 e. The molecule has 0 bridgehead atoms. The van der Waals surface area contributed by atoms with Gasteiger partial charge in [0.05, 0.1) is 10.4 Å². The van der Waals surface area contributed by atoms with Gasteiger partial charge in [-0.25, -0.2) is 4.98 Å². The van der Waals surface area contributed by atoms with Crippen LogP contribution in [0.1, 0.15) is 52.0 Å². The second-order valence-electron chi connectivity index (χ2n) is 6.81. The molecule has 0 aliphatic carbocycles. The molecule has 0 amide bonds. The molecule has 0 saturated heterocycles. The summed E-state index contributed by atoms with van der Waals surface area (Å²) in [6.45, 7) is 13.4. The van der Waals surface area contributed by atoms with E-state index in [-0.39, 0.29) is 10.8 Å². The number of thiazole rings is 1. The molecule has 0 radical (unpaired) electrons. The van der Waals surface area contributed by atoms with Gasteiger partial charge in [-0.1, -0.05) is 41.5 Å². The third-order valence-corrected chi connectivity index (χ3v) is 4.27. The molecule has 3 heteroatoms. The van der Waals surface area contributed by atoms with Crippen molar-refractivity contribution in [3.8, 4) is 5.82 Å². The lowest BCUT2D eigenvalue weighted by Crippen LogP contribution is -2.13. The summed E-state index contributed by atoms with van der Waals surface area (Å²) >= 11 is 1.74. The number of rotatable bonds is 1. The van der Waals surface area contributed by atoms with Crippen LogP contribution >= 0.6 is 11.3 Å². The lowest BCUT2D eigenvalue weighted by Gasteiger charge is -2.18. The minimum atomic E-state index is 0.142. The molecule has 0 fully saturated rings. The molecular formula is C15H22N2S. The van der Waals surface area contributed by atoms with Crippen molar-refractivity contribution >= 4 is 11.3 Å². The number of nitrogens with zero attached hydrogens (tertiary/aromatic N) is 2. The molecule has 0 unspecified atom stereocenters. The third-order valence-electron chi connectivity index (χ3n) is 3.03. The fraction of sp³-hybridized carbons (Fsp3) is 0.533. The van der Waals surface area contributed by atoms with Gasteiger partial charge in [-0.2, -0.15) is 0 Å². The Morgan fingerprint density at radius 1 is 1.06 bits per heavy atom. The van der Waals surface area contributed by atoms with E-state index in [1.807, 2.05) is 5.51 Å². The lowest BCUT2D eigenvalue weighted by molar-refractivity contribution is 0.588. The molecular weight excluding hydrogens is 240 g/mol. The van der Waals surface area contributed by atoms with Crippen molar-refractivity contribution in [2.45, 2.75) is 52.4 Å². The van der Waals surface area contributed by atoms with E-state index in [9.17, 15) is 0 Å². The largest absolute Gasteiger partial charge is 0.307 e. The van der Waals surface area contributed by atoms with E-state index < -0.39 is 0 Å². The van der Waals surface area contributed by atoms with Crippen LogP contribution in [0, 0.1) is 0 Å². The number of hydrogen-bond donors (Lipinski definition) is 0. The molecule has 2 aromatic rings. The predicted molar refractivity (Wildman–Crippen MR) is 78.8 cm³/mol. The second-order valence-corrected chi connectivity index (χ2v) is 7.67. The van der Waals surface area contributed by atoms with Gasteiger partial charge in [-0.15, -0.1) is 11.3 Å². The molecule has 2 aromatic heterocycles. The molecule has 0 N–H and O–H groups in total. The highest BCUT2D eigenvalue weighted by molar-refractivity contribution is 7.10. The average molecular weight is 262 g/mol. The zero-order valence-electron chi connectivity index (χ0n) is 12.1.